The maximum atomic E-state index is 12.7. The average molecular weight is 465 g/mol. The van der Waals surface area contributed by atoms with Crippen molar-refractivity contribution in [3.8, 4) is 5.75 Å². The van der Waals surface area contributed by atoms with Gasteiger partial charge in [0, 0.05) is 0 Å². The number of hydrogen-bond donors (Lipinski definition) is 2. The molecule has 2 N–H and O–H groups in total. The second-order valence-corrected chi connectivity index (χ2v) is 8.12. The first-order valence-corrected chi connectivity index (χ1v) is 11.3. The summed E-state index contributed by atoms with van der Waals surface area (Å²) in [6, 6.07) is 30.8. The van der Waals surface area contributed by atoms with Crippen LogP contribution in [0.5, 0.6) is 5.75 Å². The average Bonchev–Trinajstić information content (AvgIpc) is 3.24. The number of amides is 2. The largest absolute Gasteiger partial charge is 0.486 e. The second kappa shape index (κ2) is 10.1. The van der Waals surface area contributed by atoms with E-state index in [1.54, 1.807) is 4.57 Å². The van der Waals surface area contributed by atoms with Gasteiger partial charge in [-0.3, -0.25) is 20.4 Å². The molecule has 0 saturated carbocycles. The van der Waals surface area contributed by atoms with Crippen molar-refractivity contribution in [3.63, 3.8) is 0 Å². The molecule has 5 aromatic rings. The van der Waals surface area contributed by atoms with E-state index in [2.05, 4.69) is 15.8 Å². The molecule has 0 aliphatic rings. The number of ether oxygens (including phenoxy) is 1. The molecule has 0 radical (unpaired) electrons. The summed E-state index contributed by atoms with van der Waals surface area (Å²) in [6.07, 6.45) is 0.159. The van der Waals surface area contributed by atoms with Gasteiger partial charge < -0.3 is 9.30 Å². The van der Waals surface area contributed by atoms with Crippen molar-refractivity contribution in [3.05, 3.63) is 108 Å². The minimum Gasteiger partial charge on any atom is -0.486 e. The smallest absolute Gasteiger partial charge is 0.258 e. The molecule has 2 amide bonds. The Morgan fingerprint density at radius 2 is 1.49 bits per heavy atom. The van der Waals surface area contributed by atoms with Gasteiger partial charge in [-0.2, -0.15) is 0 Å². The summed E-state index contributed by atoms with van der Waals surface area (Å²) in [5, 5.41) is 2.09. The summed E-state index contributed by atoms with van der Waals surface area (Å²) >= 11 is 0. The fourth-order valence-electron chi connectivity index (χ4n) is 4.06. The van der Waals surface area contributed by atoms with Gasteiger partial charge in [0.05, 0.1) is 17.5 Å². The van der Waals surface area contributed by atoms with Gasteiger partial charge in [0.1, 0.15) is 24.7 Å². The Bertz CT molecular complexity index is 1490. The number of carbonyl (C=O) groups excluding carboxylic acids is 2. The van der Waals surface area contributed by atoms with Crippen molar-refractivity contribution >= 4 is 33.6 Å². The molecule has 0 fully saturated rings. The summed E-state index contributed by atoms with van der Waals surface area (Å²) < 4.78 is 7.65. The zero-order valence-electron chi connectivity index (χ0n) is 19.0. The Morgan fingerprint density at radius 3 is 2.37 bits per heavy atom. The number of nitrogens with zero attached hydrogens (tertiary/aromatic N) is 2. The highest BCUT2D eigenvalue weighted by atomic mass is 16.5. The molecule has 0 saturated heterocycles. The van der Waals surface area contributed by atoms with Gasteiger partial charge in [0.15, 0.2) is 0 Å². The molecule has 0 atom stereocenters. The molecule has 5 rings (SSSR count). The maximum absolute atomic E-state index is 12.7. The van der Waals surface area contributed by atoms with E-state index < -0.39 is 0 Å². The van der Waals surface area contributed by atoms with Gasteiger partial charge in [-0.05, 0) is 40.6 Å². The number of hydrazine groups is 1. The number of rotatable bonds is 7. The maximum Gasteiger partial charge on any atom is 0.258 e. The number of imidazole rings is 1. The second-order valence-electron chi connectivity index (χ2n) is 8.12. The fourth-order valence-corrected chi connectivity index (χ4v) is 4.06. The SMILES string of the molecule is O=C(Cc1cccc2ccccc12)NNC(=O)Cn1c(COc2ccccc2)nc2ccccc21. The molecule has 7 nitrogen and oxygen atoms in total. The molecule has 35 heavy (non-hydrogen) atoms. The Kier molecular flexibility index (Phi) is 6.39. The molecule has 0 spiro atoms. The molecule has 0 aliphatic heterocycles. The Morgan fingerprint density at radius 1 is 0.771 bits per heavy atom. The van der Waals surface area contributed by atoms with Crippen LogP contribution in [0.15, 0.2) is 97.1 Å². The summed E-state index contributed by atoms with van der Waals surface area (Å²) in [6.45, 7) is 0.196. The zero-order valence-corrected chi connectivity index (χ0v) is 19.0. The third kappa shape index (κ3) is 5.14. The Hall–Kier alpha value is -4.65. The monoisotopic (exact) mass is 464 g/mol. The van der Waals surface area contributed by atoms with Gasteiger partial charge >= 0.3 is 0 Å². The Balaban J connectivity index is 1.25. The number of nitrogens with one attached hydrogen (secondary N) is 2. The number of hydrogen-bond acceptors (Lipinski definition) is 4. The predicted octanol–water partition coefficient (Wildman–Crippen LogP) is 4.16. The minimum atomic E-state index is -0.361. The van der Waals surface area contributed by atoms with Crippen molar-refractivity contribution in [2.24, 2.45) is 0 Å². The van der Waals surface area contributed by atoms with Crippen LogP contribution in [0.2, 0.25) is 0 Å². The number of carbonyl (C=O) groups is 2. The van der Waals surface area contributed by atoms with Crippen molar-refractivity contribution in [1.29, 1.82) is 0 Å². The van der Waals surface area contributed by atoms with E-state index in [-0.39, 0.29) is 31.4 Å². The van der Waals surface area contributed by atoms with Crippen LogP contribution in [0.25, 0.3) is 21.8 Å². The van der Waals surface area contributed by atoms with Crippen molar-refractivity contribution < 1.29 is 14.3 Å². The van der Waals surface area contributed by atoms with E-state index in [4.69, 9.17) is 4.74 Å². The van der Waals surface area contributed by atoms with Crippen LogP contribution in [0.1, 0.15) is 11.4 Å². The van der Waals surface area contributed by atoms with Gasteiger partial charge in [0.25, 0.3) is 5.91 Å². The third-order valence-electron chi connectivity index (χ3n) is 5.72. The molecule has 174 valence electrons. The topological polar surface area (TPSA) is 85.2 Å². The van der Waals surface area contributed by atoms with Crippen LogP contribution < -0.4 is 15.6 Å². The van der Waals surface area contributed by atoms with Crippen molar-refractivity contribution in [2.75, 3.05) is 0 Å². The van der Waals surface area contributed by atoms with E-state index in [9.17, 15) is 9.59 Å². The summed E-state index contributed by atoms with van der Waals surface area (Å²) in [5.41, 5.74) is 7.54. The predicted molar refractivity (Wildman–Crippen MR) is 134 cm³/mol. The van der Waals surface area contributed by atoms with Crippen LogP contribution in [0.3, 0.4) is 0 Å². The first kappa shape index (κ1) is 22.2. The lowest BCUT2D eigenvalue weighted by molar-refractivity contribution is -0.128. The fraction of sp³-hybridized carbons (Fsp3) is 0.107. The number of para-hydroxylation sites is 3. The van der Waals surface area contributed by atoms with E-state index in [0.29, 0.717) is 5.82 Å². The number of aromatic nitrogens is 2. The van der Waals surface area contributed by atoms with E-state index >= 15 is 0 Å². The molecular weight excluding hydrogens is 440 g/mol. The van der Waals surface area contributed by atoms with Crippen molar-refractivity contribution in [2.45, 2.75) is 19.6 Å². The molecule has 7 heteroatoms. The normalized spacial score (nSPS) is 10.9. The molecule has 1 aromatic heterocycles. The Labute approximate surface area is 202 Å². The first-order valence-electron chi connectivity index (χ1n) is 11.3. The molecule has 0 bridgehead atoms. The van der Waals surface area contributed by atoms with E-state index in [1.165, 1.54) is 0 Å². The quantitative estimate of drug-likeness (QED) is 0.354. The van der Waals surface area contributed by atoms with Gasteiger partial charge in [-0.15, -0.1) is 0 Å². The lowest BCUT2D eigenvalue weighted by atomic mass is 10.0. The highest BCUT2D eigenvalue weighted by Crippen LogP contribution is 2.20. The molecule has 0 unspecified atom stereocenters. The lowest BCUT2D eigenvalue weighted by Gasteiger charge is -2.12. The first-order chi connectivity index (χ1) is 17.2. The third-order valence-corrected chi connectivity index (χ3v) is 5.72. The molecule has 0 aliphatic carbocycles. The van der Waals surface area contributed by atoms with Gasteiger partial charge in [-0.1, -0.05) is 72.8 Å². The summed E-state index contributed by atoms with van der Waals surface area (Å²) in [4.78, 5) is 29.9. The van der Waals surface area contributed by atoms with E-state index in [1.807, 2.05) is 97.1 Å². The highest BCUT2D eigenvalue weighted by Gasteiger charge is 2.15. The standard InChI is InChI=1S/C28H24N4O3/c33-27(17-21-11-8-10-20-9-4-5-14-23(20)21)30-31-28(34)18-32-25-16-7-6-15-24(25)29-26(32)19-35-22-12-2-1-3-13-22/h1-16H,17-19H2,(H,30,33)(H,31,34). The molecular formula is C28H24N4O3. The van der Waals surface area contributed by atoms with Crippen molar-refractivity contribution in [1.82, 2.24) is 20.4 Å². The number of fused-ring (bicyclic) bond motifs is 2. The number of benzene rings is 4. The molecule has 1 heterocycles. The highest BCUT2D eigenvalue weighted by molar-refractivity contribution is 5.91. The zero-order chi connectivity index (χ0) is 24.0. The minimum absolute atomic E-state index is 0.0114. The van der Waals surface area contributed by atoms with Crippen LogP contribution in [-0.4, -0.2) is 21.4 Å². The summed E-state index contributed by atoms with van der Waals surface area (Å²) in [7, 11) is 0. The van der Waals surface area contributed by atoms with Gasteiger partial charge in [0.2, 0.25) is 5.91 Å². The lowest BCUT2D eigenvalue weighted by Crippen LogP contribution is -2.44. The van der Waals surface area contributed by atoms with E-state index in [0.717, 1.165) is 33.1 Å². The van der Waals surface area contributed by atoms with Gasteiger partial charge in [-0.25, -0.2) is 4.98 Å². The summed E-state index contributed by atoms with van der Waals surface area (Å²) in [5.74, 6) is 0.682. The van der Waals surface area contributed by atoms with Crippen LogP contribution in [0.4, 0.5) is 0 Å². The molecule has 4 aromatic carbocycles. The van der Waals surface area contributed by atoms with Crippen LogP contribution in [-0.2, 0) is 29.2 Å². The van der Waals surface area contributed by atoms with Crippen LogP contribution in [0, 0.1) is 0 Å². The van der Waals surface area contributed by atoms with Crippen LogP contribution >= 0.6 is 0 Å².